The highest BCUT2D eigenvalue weighted by Gasteiger charge is 2.43. The molecule has 160 valence electrons. The first-order valence-electron chi connectivity index (χ1n) is 9.67. The maximum Gasteiger partial charge on any atom is 0.586 e. The molecule has 0 bridgehead atoms. The van der Waals surface area contributed by atoms with Crippen LogP contribution < -0.4 is 14.8 Å². The van der Waals surface area contributed by atoms with Crippen molar-refractivity contribution < 1.29 is 27.5 Å². The predicted molar refractivity (Wildman–Crippen MR) is 104 cm³/mol. The quantitative estimate of drug-likeness (QED) is 0.681. The van der Waals surface area contributed by atoms with E-state index in [0.717, 1.165) is 11.1 Å². The van der Waals surface area contributed by atoms with E-state index >= 15 is 0 Å². The van der Waals surface area contributed by atoms with Gasteiger partial charge in [-0.2, -0.15) is 0 Å². The molecule has 2 aliphatic heterocycles. The van der Waals surface area contributed by atoms with Crippen LogP contribution in [-0.2, 0) is 17.8 Å². The molecule has 31 heavy (non-hydrogen) atoms. The van der Waals surface area contributed by atoms with E-state index in [9.17, 15) is 13.6 Å². The SMILES string of the molecule is Cc1nnc(C2Cc3ccccc3CN2CC(=O)Nc2ccc3c(c2)OC(F)(F)O3)o1. The van der Waals surface area contributed by atoms with Crippen molar-refractivity contribution in [3.05, 3.63) is 65.4 Å². The first-order valence-corrected chi connectivity index (χ1v) is 9.67. The molecule has 0 saturated carbocycles. The van der Waals surface area contributed by atoms with Crippen molar-refractivity contribution >= 4 is 11.6 Å². The number of hydrogen-bond donors (Lipinski definition) is 1. The Balaban J connectivity index is 1.33. The van der Waals surface area contributed by atoms with Crippen LogP contribution in [-0.4, -0.2) is 33.8 Å². The summed E-state index contributed by atoms with van der Waals surface area (Å²) < 4.78 is 40.9. The summed E-state index contributed by atoms with van der Waals surface area (Å²) in [5, 5.41) is 10.8. The molecule has 1 atom stereocenters. The monoisotopic (exact) mass is 428 g/mol. The first-order chi connectivity index (χ1) is 14.9. The molecular weight excluding hydrogens is 410 g/mol. The zero-order chi connectivity index (χ0) is 21.6. The van der Waals surface area contributed by atoms with Crippen LogP contribution in [0.15, 0.2) is 46.9 Å². The Morgan fingerprint density at radius 2 is 1.94 bits per heavy atom. The summed E-state index contributed by atoms with van der Waals surface area (Å²) in [6, 6.07) is 11.9. The smallest absolute Gasteiger partial charge is 0.424 e. The minimum atomic E-state index is -3.71. The van der Waals surface area contributed by atoms with Gasteiger partial charge in [-0.15, -0.1) is 19.0 Å². The topological polar surface area (TPSA) is 89.7 Å². The van der Waals surface area contributed by atoms with Crippen LogP contribution in [0.4, 0.5) is 14.5 Å². The van der Waals surface area contributed by atoms with Gasteiger partial charge < -0.3 is 19.2 Å². The molecule has 0 saturated heterocycles. The van der Waals surface area contributed by atoms with Crippen molar-refractivity contribution in [1.29, 1.82) is 0 Å². The maximum absolute atomic E-state index is 13.2. The number of benzene rings is 2. The van der Waals surface area contributed by atoms with Crippen molar-refractivity contribution in [2.24, 2.45) is 0 Å². The van der Waals surface area contributed by atoms with Crippen LogP contribution in [0.5, 0.6) is 11.5 Å². The number of aromatic nitrogens is 2. The number of alkyl halides is 2. The number of aryl methyl sites for hydroxylation is 1. The molecular formula is C21H18F2N4O4. The molecule has 8 nitrogen and oxygen atoms in total. The minimum absolute atomic E-state index is 0.0467. The summed E-state index contributed by atoms with van der Waals surface area (Å²) in [6.45, 7) is 2.29. The molecule has 5 rings (SSSR count). The van der Waals surface area contributed by atoms with Crippen molar-refractivity contribution in [3.63, 3.8) is 0 Å². The summed E-state index contributed by atoms with van der Waals surface area (Å²) >= 11 is 0. The first kappa shape index (κ1) is 19.4. The Morgan fingerprint density at radius 1 is 1.16 bits per heavy atom. The van der Waals surface area contributed by atoms with Gasteiger partial charge in [-0.25, -0.2) is 0 Å². The number of nitrogens with zero attached hydrogens (tertiary/aromatic N) is 3. The fourth-order valence-corrected chi connectivity index (χ4v) is 3.85. The summed E-state index contributed by atoms with van der Waals surface area (Å²) in [7, 11) is 0. The highest BCUT2D eigenvalue weighted by atomic mass is 19.3. The van der Waals surface area contributed by atoms with Gasteiger partial charge in [-0.3, -0.25) is 9.69 Å². The second kappa shape index (κ2) is 7.31. The van der Waals surface area contributed by atoms with Crippen LogP contribution in [0.25, 0.3) is 0 Å². The molecule has 2 aliphatic rings. The maximum atomic E-state index is 13.2. The second-order valence-electron chi connectivity index (χ2n) is 7.43. The average molecular weight is 428 g/mol. The Kier molecular flexibility index (Phi) is 4.58. The van der Waals surface area contributed by atoms with Gasteiger partial charge in [0.15, 0.2) is 11.5 Å². The highest BCUT2D eigenvalue weighted by molar-refractivity contribution is 5.92. The lowest BCUT2D eigenvalue weighted by Gasteiger charge is -2.34. The van der Waals surface area contributed by atoms with Crippen LogP contribution in [0, 0.1) is 6.92 Å². The number of nitrogens with one attached hydrogen (secondary N) is 1. The molecule has 3 aromatic rings. The van der Waals surface area contributed by atoms with Crippen molar-refractivity contribution in [3.8, 4) is 11.5 Å². The van der Waals surface area contributed by atoms with E-state index in [1.165, 1.54) is 18.2 Å². The predicted octanol–water partition coefficient (Wildman–Crippen LogP) is 3.44. The third-order valence-corrected chi connectivity index (χ3v) is 5.20. The molecule has 1 amide bonds. The molecule has 0 fully saturated rings. The summed E-state index contributed by atoms with van der Waals surface area (Å²) in [6.07, 6.45) is -3.08. The lowest BCUT2D eigenvalue weighted by molar-refractivity contribution is -0.286. The van der Waals surface area contributed by atoms with Crippen molar-refractivity contribution in [2.75, 3.05) is 11.9 Å². The van der Waals surface area contributed by atoms with Gasteiger partial charge >= 0.3 is 6.29 Å². The summed E-state index contributed by atoms with van der Waals surface area (Å²) in [5.74, 6) is 0.378. The molecule has 0 radical (unpaired) electrons. The van der Waals surface area contributed by atoms with Gasteiger partial charge in [0, 0.05) is 25.2 Å². The minimum Gasteiger partial charge on any atom is -0.424 e. The van der Waals surface area contributed by atoms with E-state index in [0.29, 0.717) is 30.4 Å². The van der Waals surface area contributed by atoms with Gasteiger partial charge in [-0.1, -0.05) is 24.3 Å². The van der Waals surface area contributed by atoms with E-state index in [1.807, 2.05) is 29.2 Å². The van der Waals surface area contributed by atoms with Gasteiger partial charge in [0.1, 0.15) is 0 Å². The lowest BCUT2D eigenvalue weighted by atomic mass is 9.94. The van der Waals surface area contributed by atoms with Gasteiger partial charge in [0.05, 0.1) is 12.6 Å². The molecule has 1 N–H and O–H groups in total. The number of hydrogen-bond acceptors (Lipinski definition) is 7. The Labute approximate surface area is 175 Å². The largest absolute Gasteiger partial charge is 0.586 e. The number of ether oxygens (including phenoxy) is 2. The molecule has 1 aromatic heterocycles. The Morgan fingerprint density at radius 3 is 2.71 bits per heavy atom. The summed E-state index contributed by atoms with van der Waals surface area (Å²) in [5.41, 5.74) is 2.61. The van der Waals surface area contributed by atoms with Crippen LogP contribution in [0.1, 0.15) is 29.0 Å². The van der Waals surface area contributed by atoms with Crippen molar-refractivity contribution in [2.45, 2.75) is 32.2 Å². The number of amides is 1. The number of fused-ring (bicyclic) bond motifs is 2. The fraction of sp³-hybridized carbons (Fsp3) is 0.286. The van der Waals surface area contributed by atoms with Gasteiger partial charge in [0.2, 0.25) is 17.7 Å². The van der Waals surface area contributed by atoms with Crippen LogP contribution in [0.2, 0.25) is 0 Å². The Bertz CT molecular complexity index is 1150. The Hall–Kier alpha value is -3.53. The van der Waals surface area contributed by atoms with Gasteiger partial charge in [0.25, 0.3) is 0 Å². The van der Waals surface area contributed by atoms with Crippen LogP contribution >= 0.6 is 0 Å². The lowest BCUT2D eigenvalue weighted by Crippen LogP contribution is -2.39. The number of carbonyl (C=O) groups excluding carboxylic acids is 1. The molecule has 2 aromatic carbocycles. The molecule has 10 heteroatoms. The average Bonchev–Trinajstić information content (AvgIpc) is 3.28. The number of carbonyl (C=O) groups is 1. The van der Waals surface area contributed by atoms with E-state index in [1.54, 1.807) is 6.92 Å². The van der Waals surface area contributed by atoms with E-state index in [4.69, 9.17) is 4.42 Å². The standard InChI is InChI=1S/C21H18F2N4O4/c1-12-25-26-20(29-12)16-8-13-4-2-3-5-14(13)10-27(16)11-19(28)24-15-6-7-17-18(9-15)31-21(22,23)30-17/h2-7,9,16H,8,10-11H2,1H3,(H,24,28). The summed E-state index contributed by atoms with van der Waals surface area (Å²) in [4.78, 5) is 14.7. The number of halogens is 2. The number of anilines is 1. The van der Waals surface area contributed by atoms with E-state index < -0.39 is 6.29 Å². The second-order valence-corrected chi connectivity index (χ2v) is 7.43. The van der Waals surface area contributed by atoms with E-state index in [2.05, 4.69) is 25.0 Å². The third kappa shape index (κ3) is 3.93. The third-order valence-electron chi connectivity index (χ3n) is 5.20. The normalized spacial score (nSPS) is 19.1. The fourth-order valence-electron chi connectivity index (χ4n) is 3.85. The number of rotatable bonds is 4. The van der Waals surface area contributed by atoms with Crippen LogP contribution in [0.3, 0.4) is 0 Å². The molecule has 3 heterocycles. The molecule has 0 spiro atoms. The highest BCUT2D eigenvalue weighted by Crippen LogP contribution is 2.42. The van der Waals surface area contributed by atoms with E-state index in [-0.39, 0.29) is 30.0 Å². The zero-order valence-electron chi connectivity index (χ0n) is 16.5. The van der Waals surface area contributed by atoms with Gasteiger partial charge in [-0.05, 0) is 29.7 Å². The molecule has 1 unspecified atom stereocenters. The van der Waals surface area contributed by atoms with Crippen molar-refractivity contribution in [1.82, 2.24) is 15.1 Å². The zero-order valence-corrected chi connectivity index (χ0v) is 16.5. The molecule has 0 aliphatic carbocycles.